The molecular weight excluding hydrogens is 498 g/mol. The maximum absolute atomic E-state index is 11.4. The third kappa shape index (κ3) is 4.06. The highest BCUT2D eigenvalue weighted by Crippen LogP contribution is 2.59. The van der Waals surface area contributed by atoms with Gasteiger partial charge in [-0.25, -0.2) is 9.78 Å². The first kappa shape index (κ1) is 23.4. The van der Waals surface area contributed by atoms with E-state index >= 15 is 0 Å². The van der Waals surface area contributed by atoms with Gasteiger partial charge in [0.2, 0.25) is 0 Å². The van der Waals surface area contributed by atoms with Gasteiger partial charge in [0.15, 0.2) is 5.13 Å². The lowest BCUT2D eigenvalue weighted by Gasteiger charge is -2.38. The van der Waals surface area contributed by atoms with Crippen molar-refractivity contribution in [1.82, 2.24) is 10.1 Å². The zero-order valence-electron chi connectivity index (χ0n) is 21.7. The molecule has 5 aliphatic rings. The fourth-order valence-corrected chi connectivity index (χ4v) is 8.73. The third-order valence-electron chi connectivity index (χ3n) is 10.2. The summed E-state index contributed by atoms with van der Waals surface area (Å²) >= 11 is 1.62. The molecule has 2 bridgehead atoms. The van der Waals surface area contributed by atoms with Crippen molar-refractivity contribution in [2.45, 2.75) is 114 Å². The molecule has 1 spiro atoms. The number of ether oxygens (including phenoxy) is 1. The second-order valence-electron chi connectivity index (χ2n) is 12.6. The molecule has 4 heterocycles. The Bertz CT molecular complexity index is 1370. The molecule has 5 fully saturated rings. The van der Waals surface area contributed by atoms with Crippen LogP contribution in [0.3, 0.4) is 0 Å². The summed E-state index contributed by atoms with van der Waals surface area (Å²) in [6.07, 6.45) is 15.1. The summed E-state index contributed by atoms with van der Waals surface area (Å²) in [6, 6.07) is 6.09. The van der Waals surface area contributed by atoms with Gasteiger partial charge in [-0.1, -0.05) is 16.5 Å². The number of carboxylic acid groups (broad SMARTS) is 1. The monoisotopic (exact) mass is 533 g/mol. The maximum atomic E-state index is 11.4. The Balaban J connectivity index is 0.968. The number of carboxylic acids is 1. The van der Waals surface area contributed by atoms with E-state index < -0.39 is 5.97 Å². The number of carbonyl (C=O) groups is 1. The summed E-state index contributed by atoms with van der Waals surface area (Å²) in [4.78, 5) is 18.8. The molecular formula is C30H35N3O4S. The van der Waals surface area contributed by atoms with Crippen molar-refractivity contribution in [2.75, 3.05) is 4.90 Å². The number of aromatic carboxylic acids is 1. The van der Waals surface area contributed by atoms with Gasteiger partial charge in [0.1, 0.15) is 5.76 Å². The van der Waals surface area contributed by atoms with Crippen LogP contribution in [0.4, 0.5) is 5.13 Å². The average Bonchev–Trinajstić information content (AvgIpc) is 3.79. The van der Waals surface area contributed by atoms with E-state index in [-0.39, 0.29) is 6.10 Å². The Morgan fingerprint density at radius 3 is 2.50 bits per heavy atom. The van der Waals surface area contributed by atoms with E-state index in [0.717, 1.165) is 46.8 Å². The smallest absolute Gasteiger partial charge is 0.335 e. The first-order valence-electron chi connectivity index (χ1n) is 14.6. The van der Waals surface area contributed by atoms with Crippen molar-refractivity contribution in [3.63, 3.8) is 0 Å². The highest BCUT2D eigenvalue weighted by molar-refractivity contribution is 7.22. The molecule has 2 aromatic heterocycles. The van der Waals surface area contributed by atoms with Crippen molar-refractivity contribution in [3.05, 3.63) is 40.8 Å². The number of rotatable bonds is 7. The van der Waals surface area contributed by atoms with Crippen LogP contribution in [0.2, 0.25) is 0 Å². The molecule has 1 aromatic carbocycles. The highest BCUT2D eigenvalue weighted by Gasteiger charge is 2.47. The van der Waals surface area contributed by atoms with Gasteiger partial charge in [-0.2, -0.15) is 0 Å². The van der Waals surface area contributed by atoms with E-state index in [1.807, 2.05) is 6.07 Å². The zero-order chi connectivity index (χ0) is 25.4. The highest BCUT2D eigenvalue weighted by atomic mass is 32.1. The second-order valence-corrected chi connectivity index (χ2v) is 13.6. The van der Waals surface area contributed by atoms with E-state index in [9.17, 15) is 9.90 Å². The van der Waals surface area contributed by atoms with E-state index in [1.54, 1.807) is 23.5 Å². The summed E-state index contributed by atoms with van der Waals surface area (Å²) in [6.45, 7) is 0.634. The van der Waals surface area contributed by atoms with E-state index in [0.29, 0.717) is 41.5 Å². The number of thiazole rings is 1. The van der Waals surface area contributed by atoms with Gasteiger partial charge in [-0.05, 0) is 101 Å². The summed E-state index contributed by atoms with van der Waals surface area (Å²) in [5.41, 5.74) is 4.38. The maximum Gasteiger partial charge on any atom is 0.335 e. The average molecular weight is 534 g/mol. The molecule has 8 rings (SSSR count). The molecule has 1 N–H and O–H groups in total. The summed E-state index contributed by atoms with van der Waals surface area (Å²) in [7, 11) is 0. The van der Waals surface area contributed by atoms with Crippen LogP contribution in [-0.4, -0.2) is 39.4 Å². The van der Waals surface area contributed by atoms with Crippen molar-refractivity contribution in [2.24, 2.45) is 5.41 Å². The van der Waals surface area contributed by atoms with Crippen molar-refractivity contribution in [1.29, 1.82) is 0 Å². The molecule has 3 aliphatic carbocycles. The van der Waals surface area contributed by atoms with Crippen LogP contribution in [0.15, 0.2) is 22.7 Å². The molecule has 38 heavy (non-hydrogen) atoms. The molecule has 200 valence electrons. The first-order chi connectivity index (χ1) is 18.6. The lowest BCUT2D eigenvalue weighted by molar-refractivity contribution is 0.0140. The number of hydrogen-bond donors (Lipinski definition) is 1. The predicted octanol–water partition coefficient (Wildman–Crippen LogP) is 7.01. The number of nitrogens with zero attached hydrogens (tertiary/aromatic N) is 3. The molecule has 0 radical (unpaired) electrons. The van der Waals surface area contributed by atoms with Crippen molar-refractivity contribution in [3.8, 4) is 0 Å². The number of piperidine rings is 1. The largest absolute Gasteiger partial charge is 0.478 e. The van der Waals surface area contributed by atoms with Crippen LogP contribution >= 0.6 is 11.3 Å². The zero-order valence-corrected chi connectivity index (χ0v) is 22.5. The quantitative estimate of drug-likeness (QED) is 0.349. The summed E-state index contributed by atoms with van der Waals surface area (Å²) in [5, 5.41) is 15.0. The fraction of sp³-hybridized carbons (Fsp3) is 0.633. The molecule has 3 atom stereocenters. The number of fused-ring (bicyclic) bond motifs is 3. The normalized spacial score (nSPS) is 28.4. The van der Waals surface area contributed by atoms with E-state index in [1.165, 1.54) is 62.6 Å². The summed E-state index contributed by atoms with van der Waals surface area (Å²) in [5.74, 6) is 1.31. The number of benzene rings is 1. The van der Waals surface area contributed by atoms with Gasteiger partial charge in [0, 0.05) is 29.5 Å². The minimum Gasteiger partial charge on any atom is -0.478 e. The van der Waals surface area contributed by atoms with E-state index in [4.69, 9.17) is 14.2 Å². The predicted molar refractivity (Wildman–Crippen MR) is 145 cm³/mol. The van der Waals surface area contributed by atoms with Crippen molar-refractivity contribution >= 4 is 32.7 Å². The third-order valence-corrected chi connectivity index (χ3v) is 11.2. The Hall–Kier alpha value is -2.45. The van der Waals surface area contributed by atoms with Gasteiger partial charge in [0.05, 0.1) is 34.2 Å². The molecule has 3 saturated carbocycles. The minimum absolute atomic E-state index is 0.243. The molecule has 8 heteroatoms. The van der Waals surface area contributed by atoms with Crippen LogP contribution in [0.5, 0.6) is 0 Å². The number of aromatic nitrogens is 2. The Morgan fingerprint density at radius 1 is 1.05 bits per heavy atom. The van der Waals surface area contributed by atoms with Crippen LogP contribution in [0.1, 0.15) is 116 Å². The Kier molecular flexibility index (Phi) is 5.42. The summed E-state index contributed by atoms with van der Waals surface area (Å²) < 4.78 is 13.6. The Morgan fingerprint density at radius 2 is 1.82 bits per heavy atom. The molecule has 2 aliphatic heterocycles. The molecule has 2 saturated heterocycles. The fourth-order valence-electron chi connectivity index (χ4n) is 7.58. The molecule has 7 nitrogen and oxygen atoms in total. The standard InChI is InChI=1S/C30H35N3O4S/c34-28(35)19-3-6-24-25(13-19)38-29(31-24)33-20-4-5-21(33)15-22(14-20)36-16-23-26(32-37-27(23)18-1-2-18)17-7-9-30(10-8-17)11-12-30/h3,6,13,17-18,20-22H,1-2,4-5,7-12,14-16H2,(H,34,35)/t20-,21+,22?. The van der Waals surface area contributed by atoms with Crippen LogP contribution in [0, 0.1) is 5.41 Å². The SMILES string of the molecule is O=C(O)c1ccc2nc(N3[C@@H]4CC[C@H]3CC(OCc3c(C5CCC6(CC5)CC6)noc3C3CC3)C4)sc2c1. The van der Waals surface area contributed by atoms with Crippen molar-refractivity contribution < 1.29 is 19.2 Å². The van der Waals surface area contributed by atoms with Gasteiger partial charge in [-0.3, -0.25) is 0 Å². The lowest BCUT2D eigenvalue weighted by atomic mass is 9.77. The van der Waals surface area contributed by atoms with Gasteiger partial charge in [0.25, 0.3) is 0 Å². The van der Waals surface area contributed by atoms with Gasteiger partial charge >= 0.3 is 5.97 Å². The van der Waals surface area contributed by atoms with Gasteiger partial charge < -0.3 is 19.3 Å². The first-order valence-corrected chi connectivity index (χ1v) is 15.4. The molecule has 3 aromatic rings. The molecule has 0 amide bonds. The number of anilines is 1. The van der Waals surface area contributed by atoms with Gasteiger partial charge in [-0.15, -0.1) is 0 Å². The lowest BCUT2D eigenvalue weighted by Crippen LogP contribution is -2.45. The Labute approximate surface area is 226 Å². The van der Waals surface area contributed by atoms with Crippen LogP contribution < -0.4 is 4.90 Å². The van der Waals surface area contributed by atoms with Crippen LogP contribution in [0.25, 0.3) is 10.2 Å². The minimum atomic E-state index is -0.893. The topological polar surface area (TPSA) is 88.7 Å². The number of hydrogen-bond acceptors (Lipinski definition) is 7. The van der Waals surface area contributed by atoms with Crippen LogP contribution in [-0.2, 0) is 11.3 Å². The molecule has 1 unspecified atom stereocenters. The second kappa shape index (κ2) is 8.78. The van der Waals surface area contributed by atoms with E-state index in [2.05, 4.69) is 10.1 Å².